The molecule has 0 atom stereocenters. The Morgan fingerprint density at radius 1 is 1.24 bits per heavy atom. The maximum atomic E-state index is 13.1. The summed E-state index contributed by atoms with van der Waals surface area (Å²) in [6, 6.07) is 5.47. The number of hydrogen-bond donors (Lipinski definition) is 3. The normalized spacial score (nSPS) is 21.0. The Labute approximate surface area is 187 Å². The fraction of sp³-hybridized carbons (Fsp3) is 0.409. The van der Waals surface area contributed by atoms with Crippen molar-refractivity contribution >= 4 is 17.8 Å². The standard InChI is InChI=1S/C22H23FN4O6/c1-33-20(32)18(30)26-22-8-6-13(7-9-22)11-27-19(31)16(28)15(25-21(22)27)17(29)24-10-12-2-4-14(23)5-3-12/h2-5,13,28H,6-11H2,1H3,(H,24,29)(H,26,30). The average Bonchev–Trinajstić information content (AvgIpc) is 3.06. The van der Waals surface area contributed by atoms with Crippen LogP contribution in [-0.4, -0.2) is 39.6 Å². The molecule has 1 fully saturated rings. The number of aromatic hydroxyl groups is 1. The zero-order valence-corrected chi connectivity index (χ0v) is 17.9. The largest absolute Gasteiger partial charge is 0.501 e. The van der Waals surface area contributed by atoms with Crippen molar-refractivity contribution in [3.63, 3.8) is 0 Å². The minimum absolute atomic E-state index is 0.0188. The molecule has 1 saturated carbocycles. The SMILES string of the molecule is COC(=O)C(=O)NC12CCC(CC1)Cn1c2nc(C(=O)NCc2ccc(F)cc2)c(O)c1=O. The maximum absolute atomic E-state index is 13.1. The van der Waals surface area contributed by atoms with Gasteiger partial charge in [0.15, 0.2) is 5.69 Å². The third kappa shape index (κ3) is 4.18. The van der Waals surface area contributed by atoms with Crippen molar-refractivity contribution in [3.8, 4) is 5.75 Å². The topological polar surface area (TPSA) is 140 Å². The van der Waals surface area contributed by atoms with Gasteiger partial charge in [0.25, 0.3) is 11.5 Å². The highest BCUT2D eigenvalue weighted by Crippen LogP contribution is 2.42. The van der Waals surface area contributed by atoms with Gasteiger partial charge in [0.1, 0.15) is 11.6 Å². The van der Waals surface area contributed by atoms with Gasteiger partial charge in [-0.25, -0.2) is 14.2 Å². The maximum Gasteiger partial charge on any atom is 0.396 e. The minimum Gasteiger partial charge on any atom is -0.501 e. The molecule has 33 heavy (non-hydrogen) atoms. The van der Waals surface area contributed by atoms with Crippen LogP contribution in [0, 0.1) is 11.7 Å². The Morgan fingerprint density at radius 3 is 2.55 bits per heavy atom. The number of halogens is 1. The molecule has 0 saturated heterocycles. The molecule has 0 unspecified atom stereocenters. The Balaban J connectivity index is 1.70. The number of hydrogen-bond acceptors (Lipinski definition) is 7. The fourth-order valence-electron chi connectivity index (χ4n) is 4.48. The van der Waals surface area contributed by atoms with Crippen molar-refractivity contribution < 1.29 is 28.6 Å². The molecule has 5 rings (SSSR count). The smallest absolute Gasteiger partial charge is 0.396 e. The van der Waals surface area contributed by atoms with Crippen LogP contribution in [0.4, 0.5) is 4.39 Å². The van der Waals surface area contributed by atoms with Gasteiger partial charge >= 0.3 is 11.9 Å². The zero-order valence-electron chi connectivity index (χ0n) is 17.9. The number of fused-ring (bicyclic) bond motifs is 2. The summed E-state index contributed by atoms with van der Waals surface area (Å²) in [5.74, 6) is -3.83. The number of benzene rings is 1. The Morgan fingerprint density at radius 2 is 1.91 bits per heavy atom. The molecular formula is C22H23FN4O6. The van der Waals surface area contributed by atoms with E-state index in [1.54, 1.807) is 0 Å². The molecule has 174 valence electrons. The van der Waals surface area contributed by atoms with Crippen LogP contribution in [-0.2, 0) is 33.0 Å². The lowest BCUT2D eigenvalue weighted by molar-refractivity contribution is -0.154. The van der Waals surface area contributed by atoms with Gasteiger partial charge in [-0.15, -0.1) is 0 Å². The van der Waals surface area contributed by atoms with Crippen LogP contribution in [0.2, 0.25) is 0 Å². The molecule has 11 heteroatoms. The van der Waals surface area contributed by atoms with Crippen LogP contribution in [0.15, 0.2) is 29.1 Å². The highest BCUT2D eigenvalue weighted by molar-refractivity contribution is 6.32. The number of esters is 1. The summed E-state index contributed by atoms with van der Waals surface area (Å²) in [4.78, 5) is 54.2. The van der Waals surface area contributed by atoms with Crippen LogP contribution < -0.4 is 16.2 Å². The van der Waals surface area contributed by atoms with Gasteiger partial charge in [0.05, 0.1) is 12.6 Å². The second kappa shape index (κ2) is 8.64. The van der Waals surface area contributed by atoms with Crippen molar-refractivity contribution in [1.82, 2.24) is 20.2 Å². The minimum atomic E-state index is -1.16. The number of carbonyl (C=O) groups excluding carboxylic acids is 3. The second-order valence-corrected chi connectivity index (χ2v) is 8.33. The predicted molar refractivity (Wildman–Crippen MR) is 112 cm³/mol. The first-order chi connectivity index (χ1) is 15.7. The number of carbonyl (C=O) groups is 3. The van der Waals surface area contributed by atoms with Gasteiger partial charge in [-0.2, -0.15) is 0 Å². The molecule has 2 aliphatic heterocycles. The van der Waals surface area contributed by atoms with Crippen molar-refractivity contribution in [2.45, 2.75) is 44.3 Å². The van der Waals surface area contributed by atoms with E-state index in [0.717, 1.165) is 7.11 Å². The molecular weight excluding hydrogens is 435 g/mol. The molecule has 3 aliphatic rings. The summed E-state index contributed by atoms with van der Waals surface area (Å²) >= 11 is 0. The quantitative estimate of drug-likeness (QED) is 0.453. The Bertz CT molecular complexity index is 1170. The molecule has 1 aromatic carbocycles. The molecule has 2 bridgehead atoms. The predicted octanol–water partition coefficient (Wildman–Crippen LogP) is 0.706. The summed E-state index contributed by atoms with van der Waals surface area (Å²) in [6.07, 6.45) is 2.15. The number of ether oxygens (including phenoxy) is 1. The first kappa shape index (κ1) is 22.4. The monoisotopic (exact) mass is 458 g/mol. The molecule has 10 nitrogen and oxygen atoms in total. The number of amides is 2. The molecule has 2 aromatic rings. The van der Waals surface area contributed by atoms with Gasteiger partial charge in [-0.05, 0) is 49.3 Å². The van der Waals surface area contributed by atoms with Crippen LogP contribution in [0.5, 0.6) is 5.75 Å². The number of nitrogens with one attached hydrogen (secondary N) is 2. The first-order valence-corrected chi connectivity index (χ1v) is 10.5. The molecule has 0 spiro atoms. The summed E-state index contributed by atoms with van der Waals surface area (Å²) in [5, 5.41) is 15.7. The lowest BCUT2D eigenvalue weighted by atomic mass is 9.77. The van der Waals surface area contributed by atoms with E-state index >= 15 is 0 Å². The van der Waals surface area contributed by atoms with E-state index in [0.29, 0.717) is 31.2 Å². The van der Waals surface area contributed by atoms with E-state index in [1.807, 2.05) is 0 Å². The third-order valence-corrected chi connectivity index (χ3v) is 6.28. The van der Waals surface area contributed by atoms with Gasteiger partial charge in [0.2, 0.25) is 5.75 Å². The van der Waals surface area contributed by atoms with Crippen LogP contribution in [0.3, 0.4) is 0 Å². The lowest BCUT2D eigenvalue weighted by Gasteiger charge is -2.36. The van der Waals surface area contributed by atoms with Crippen LogP contribution in [0.1, 0.15) is 47.6 Å². The van der Waals surface area contributed by atoms with Crippen molar-refractivity contribution in [1.29, 1.82) is 0 Å². The molecule has 3 heterocycles. The summed E-state index contributed by atoms with van der Waals surface area (Å²) in [6.45, 7) is 0.299. The summed E-state index contributed by atoms with van der Waals surface area (Å²) in [7, 11) is 1.09. The van der Waals surface area contributed by atoms with Crippen molar-refractivity contribution in [3.05, 3.63) is 57.5 Å². The van der Waals surface area contributed by atoms with Gasteiger partial charge in [-0.3, -0.25) is 19.0 Å². The molecule has 2 amide bonds. The highest BCUT2D eigenvalue weighted by Gasteiger charge is 2.46. The fourth-order valence-corrected chi connectivity index (χ4v) is 4.48. The molecule has 1 aromatic heterocycles. The van der Waals surface area contributed by atoms with E-state index in [-0.39, 0.29) is 24.8 Å². The van der Waals surface area contributed by atoms with Crippen molar-refractivity contribution in [2.24, 2.45) is 5.92 Å². The second-order valence-electron chi connectivity index (χ2n) is 8.33. The summed E-state index contributed by atoms with van der Waals surface area (Å²) in [5.41, 5.74) is -1.82. The number of rotatable bonds is 4. The van der Waals surface area contributed by atoms with Gasteiger partial charge in [0, 0.05) is 13.1 Å². The number of methoxy groups -OCH3 is 1. The zero-order chi connectivity index (χ0) is 23.8. The number of aromatic nitrogens is 2. The highest BCUT2D eigenvalue weighted by atomic mass is 19.1. The molecule has 0 radical (unpaired) electrons. The Hall–Kier alpha value is -3.76. The Kier molecular flexibility index (Phi) is 5.88. The van der Waals surface area contributed by atoms with Crippen LogP contribution in [0.25, 0.3) is 0 Å². The number of nitrogens with zero attached hydrogens (tertiary/aromatic N) is 2. The van der Waals surface area contributed by atoms with E-state index in [9.17, 15) is 28.7 Å². The van der Waals surface area contributed by atoms with Crippen molar-refractivity contribution in [2.75, 3.05) is 7.11 Å². The third-order valence-electron chi connectivity index (χ3n) is 6.28. The average molecular weight is 458 g/mol. The van der Waals surface area contributed by atoms with E-state index in [2.05, 4.69) is 20.4 Å². The van der Waals surface area contributed by atoms with Gasteiger partial charge in [-0.1, -0.05) is 12.1 Å². The molecule has 3 N–H and O–H groups in total. The van der Waals surface area contributed by atoms with E-state index in [4.69, 9.17) is 0 Å². The van der Waals surface area contributed by atoms with E-state index in [1.165, 1.54) is 28.8 Å². The van der Waals surface area contributed by atoms with Gasteiger partial charge < -0.3 is 20.5 Å². The summed E-state index contributed by atoms with van der Waals surface area (Å²) < 4.78 is 18.9. The van der Waals surface area contributed by atoms with E-state index < -0.39 is 46.1 Å². The molecule has 1 aliphatic carbocycles. The van der Waals surface area contributed by atoms with Crippen LogP contribution >= 0.6 is 0 Å². The first-order valence-electron chi connectivity index (χ1n) is 10.5. The lowest BCUT2D eigenvalue weighted by Crippen LogP contribution is -2.52.